The fraction of sp³-hybridized carbons (Fsp3) is 0.367. The van der Waals surface area contributed by atoms with Gasteiger partial charge in [0, 0.05) is 23.8 Å². The van der Waals surface area contributed by atoms with Crippen LogP contribution in [-0.2, 0) is 4.74 Å². The lowest BCUT2D eigenvalue weighted by atomic mass is 10.0. The third-order valence-corrected chi connectivity index (χ3v) is 5.77. The van der Waals surface area contributed by atoms with Crippen molar-refractivity contribution in [2.45, 2.75) is 58.5 Å². The van der Waals surface area contributed by atoms with Gasteiger partial charge in [0.05, 0.1) is 11.8 Å². The molecule has 1 unspecified atom stereocenters. The van der Waals surface area contributed by atoms with Crippen LogP contribution in [0.3, 0.4) is 0 Å². The number of fused-ring (bicyclic) bond motifs is 1. The Morgan fingerprint density at radius 2 is 1.94 bits per heavy atom. The molecule has 1 heterocycles. The van der Waals surface area contributed by atoms with Crippen molar-refractivity contribution in [3.8, 4) is 17.0 Å². The topological polar surface area (TPSA) is 31.4 Å². The average molecular weight is 462 g/mol. The smallest absolute Gasteiger partial charge is 0.165 e. The second-order valence-electron chi connectivity index (χ2n) is 8.64. The third-order valence-electron chi connectivity index (χ3n) is 5.77. The molecule has 0 bridgehead atoms. The lowest BCUT2D eigenvalue weighted by molar-refractivity contribution is 0.0566. The van der Waals surface area contributed by atoms with E-state index in [-0.39, 0.29) is 12.4 Å². The number of halogens is 1. The first-order valence-electron chi connectivity index (χ1n) is 12.3. The lowest BCUT2D eigenvalue weighted by Gasteiger charge is -2.12. The van der Waals surface area contributed by atoms with Gasteiger partial charge in [-0.15, -0.1) is 0 Å². The van der Waals surface area contributed by atoms with Gasteiger partial charge in [-0.05, 0) is 73.9 Å². The molecular formula is C30H36FNO2. The molecule has 180 valence electrons. The summed E-state index contributed by atoms with van der Waals surface area (Å²) < 4.78 is 25.5. The fourth-order valence-corrected chi connectivity index (χ4v) is 3.81. The maximum atomic E-state index is 14.3. The highest BCUT2D eigenvalue weighted by Gasteiger charge is 2.08. The number of hydrogen-bond donors (Lipinski definition) is 0. The van der Waals surface area contributed by atoms with E-state index in [1.54, 1.807) is 12.1 Å². The van der Waals surface area contributed by atoms with E-state index in [4.69, 9.17) is 9.47 Å². The van der Waals surface area contributed by atoms with Gasteiger partial charge in [-0.1, -0.05) is 56.7 Å². The van der Waals surface area contributed by atoms with Gasteiger partial charge in [-0.2, -0.15) is 0 Å². The van der Waals surface area contributed by atoms with Gasteiger partial charge in [0.25, 0.3) is 0 Å². The van der Waals surface area contributed by atoms with E-state index in [2.05, 4.69) is 55.8 Å². The zero-order chi connectivity index (χ0) is 24.2. The average Bonchev–Trinajstić information content (AvgIpc) is 2.85. The minimum atomic E-state index is -0.404. The SMILES string of the molecule is C=CCOc1ccc(-c2cc3ccc(C=CCCCC(C)OCCCCC)cc3cn2)cc1F. The summed E-state index contributed by atoms with van der Waals surface area (Å²) in [5.74, 6) is -0.186. The summed E-state index contributed by atoms with van der Waals surface area (Å²) in [5.41, 5.74) is 2.61. The first kappa shape index (κ1) is 25.6. The molecule has 0 spiro atoms. The lowest BCUT2D eigenvalue weighted by Crippen LogP contribution is -2.08. The van der Waals surface area contributed by atoms with Crippen molar-refractivity contribution in [1.29, 1.82) is 0 Å². The fourth-order valence-electron chi connectivity index (χ4n) is 3.81. The first-order valence-corrected chi connectivity index (χ1v) is 12.3. The van der Waals surface area contributed by atoms with E-state index in [1.165, 1.54) is 18.9 Å². The number of unbranched alkanes of at least 4 members (excludes halogenated alkanes) is 3. The van der Waals surface area contributed by atoms with Crippen molar-refractivity contribution in [2.24, 2.45) is 0 Å². The maximum Gasteiger partial charge on any atom is 0.165 e. The van der Waals surface area contributed by atoms with Gasteiger partial charge in [0.1, 0.15) is 6.61 Å². The van der Waals surface area contributed by atoms with E-state index >= 15 is 0 Å². The van der Waals surface area contributed by atoms with Crippen molar-refractivity contribution in [3.05, 3.63) is 78.8 Å². The van der Waals surface area contributed by atoms with E-state index in [0.717, 1.165) is 59.9 Å². The van der Waals surface area contributed by atoms with Crippen LogP contribution < -0.4 is 4.74 Å². The molecule has 1 aromatic heterocycles. The molecule has 0 saturated heterocycles. The molecule has 0 aliphatic carbocycles. The Labute approximate surface area is 203 Å². The van der Waals surface area contributed by atoms with Gasteiger partial charge in [-0.25, -0.2) is 4.39 Å². The van der Waals surface area contributed by atoms with Crippen LogP contribution in [0.4, 0.5) is 4.39 Å². The summed E-state index contributed by atoms with van der Waals surface area (Å²) in [6.07, 6.45) is 15.0. The molecular weight excluding hydrogens is 425 g/mol. The zero-order valence-corrected chi connectivity index (χ0v) is 20.4. The van der Waals surface area contributed by atoms with Crippen LogP contribution in [0.1, 0.15) is 57.9 Å². The Morgan fingerprint density at radius 1 is 1.06 bits per heavy atom. The number of aromatic nitrogens is 1. The largest absolute Gasteiger partial charge is 0.486 e. The number of hydrogen-bond acceptors (Lipinski definition) is 3. The predicted molar refractivity (Wildman–Crippen MR) is 141 cm³/mol. The number of allylic oxidation sites excluding steroid dienone is 1. The number of ether oxygens (including phenoxy) is 2. The summed E-state index contributed by atoms with van der Waals surface area (Å²) >= 11 is 0. The monoisotopic (exact) mass is 461 g/mol. The molecule has 0 aliphatic rings. The molecule has 2 aromatic carbocycles. The third kappa shape index (κ3) is 7.81. The van der Waals surface area contributed by atoms with Crippen LogP contribution in [-0.4, -0.2) is 24.3 Å². The van der Waals surface area contributed by atoms with Crippen molar-refractivity contribution in [2.75, 3.05) is 13.2 Å². The number of benzene rings is 2. The summed E-state index contributed by atoms with van der Waals surface area (Å²) in [6, 6.07) is 13.2. The highest BCUT2D eigenvalue weighted by Crippen LogP contribution is 2.27. The molecule has 0 radical (unpaired) electrons. The second kappa shape index (κ2) is 13.7. The van der Waals surface area contributed by atoms with Crippen LogP contribution in [0.15, 0.2) is 67.4 Å². The Bertz CT molecular complexity index is 1090. The Hall–Kier alpha value is -2.98. The van der Waals surface area contributed by atoms with Gasteiger partial charge in [-0.3, -0.25) is 4.98 Å². The quantitative estimate of drug-likeness (QED) is 0.178. The van der Waals surface area contributed by atoms with E-state index in [0.29, 0.717) is 6.10 Å². The molecule has 4 heteroatoms. The van der Waals surface area contributed by atoms with Crippen LogP contribution in [0.5, 0.6) is 5.75 Å². The predicted octanol–water partition coefficient (Wildman–Crippen LogP) is 8.38. The summed E-state index contributed by atoms with van der Waals surface area (Å²) in [4.78, 5) is 4.55. The highest BCUT2D eigenvalue weighted by atomic mass is 19.1. The normalized spacial score (nSPS) is 12.3. The molecule has 3 nitrogen and oxygen atoms in total. The Morgan fingerprint density at radius 3 is 2.74 bits per heavy atom. The molecule has 3 rings (SSSR count). The zero-order valence-electron chi connectivity index (χ0n) is 20.4. The van der Waals surface area contributed by atoms with Crippen LogP contribution in [0.2, 0.25) is 0 Å². The van der Waals surface area contributed by atoms with E-state index in [1.807, 2.05) is 18.3 Å². The van der Waals surface area contributed by atoms with Crippen LogP contribution >= 0.6 is 0 Å². The molecule has 0 fully saturated rings. The number of rotatable bonds is 14. The molecule has 0 saturated carbocycles. The standard InChI is InChI=1S/C30H36FNO2/c1-4-6-10-18-33-23(3)11-8-7-9-12-24-13-14-25-21-29(32-22-27(25)19-24)26-15-16-30(28(31)20-26)34-17-5-2/h5,9,12-16,19-23H,2,4,6-8,10-11,17-18H2,1,3H3. The number of nitrogens with zero attached hydrogens (tertiary/aromatic N) is 1. The molecule has 3 aromatic rings. The van der Waals surface area contributed by atoms with Crippen molar-refractivity contribution in [3.63, 3.8) is 0 Å². The van der Waals surface area contributed by atoms with Crippen molar-refractivity contribution < 1.29 is 13.9 Å². The van der Waals surface area contributed by atoms with Crippen molar-refractivity contribution in [1.82, 2.24) is 4.98 Å². The minimum Gasteiger partial charge on any atom is -0.486 e. The van der Waals surface area contributed by atoms with Crippen LogP contribution in [0, 0.1) is 5.82 Å². The second-order valence-corrected chi connectivity index (χ2v) is 8.64. The van der Waals surface area contributed by atoms with E-state index < -0.39 is 5.82 Å². The summed E-state index contributed by atoms with van der Waals surface area (Å²) in [6.45, 7) is 9.11. The van der Waals surface area contributed by atoms with Gasteiger partial charge < -0.3 is 9.47 Å². The summed E-state index contributed by atoms with van der Waals surface area (Å²) in [5, 5.41) is 2.13. The Kier molecular flexibility index (Phi) is 10.3. The first-order chi connectivity index (χ1) is 16.6. The molecule has 0 amide bonds. The molecule has 0 aliphatic heterocycles. The molecule has 0 N–H and O–H groups in total. The minimum absolute atomic E-state index is 0.217. The molecule has 1 atom stereocenters. The van der Waals surface area contributed by atoms with E-state index in [9.17, 15) is 4.39 Å². The van der Waals surface area contributed by atoms with Gasteiger partial charge >= 0.3 is 0 Å². The maximum absolute atomic E-state index is 14.3. The van der Waals surface area contributed by atoms with Crippen LogP contribution in [0.25, 0.3) is 28.1 Å². The molecule has 34 heavy (non-hydrogen) atoms. The highest BCUT2D eigenvalue weighted by molar-refractivity contribution is 5.87. The van der Waals surface area contributed by atoms with Gasteiger partial charge in [0.15, 0.2) is 11.6 Å². The summed E-state index contributed by atoms with van der Waals surface area (Å²) in [7, 11) is 0. The number of pyridine rings is 1. The van der Waals surface area contributed by atoms with Crippen molar-refractivity contribution >= 4 is 16.8 Å². The van der Waals surface area contributed by atoms with Gasteiger partial charge in [0.2, 0.25) is 0 Å². The Balaban J connectivity index is 1.55.